The van der Waals surface area contributed by atoms with Crippen molar-refractivity contribution < 1.29 is 9.53 Å². The number of hydrogen-bond acceptors (Lipinski definition) is 5. The van der Waals surface area contributed by atoms with Gasteiger partial charge in [0.25, 0.3) is 0 Å². The summed E-state index contributed by atoms with van der Waals surface area (Å²) in [5.41, 5.74) is 7.86. The molecule has 0 unspecified atom stereocenters. The summed E-state index contributed by atoms with van der Waals surface area (Å²) in [5.74, 6) is 0. The van der Waals surface area contributed by atoms with Crippen LogP contribution in [0, 0.1) is 0 Å². The molecule has 0 spiro atoms. The zero-order valence-electron chi connectivity index (χ0n) is 11.2. The summed E-state index contributed by atoms with van der Waals surface area (Å²) in [6.45, 7) is 2.03. The number of hydrogen-bond donors (Lipinski definition) is 1. The van der Waals surface area contributed by atoms with Crippen LogP contribution in [0.25, 0.3) is 21.6 Å². The van der Waals surface area contributed by atoms with Gasteiger partial charge in [-0.15, -0.1) is 11.3 Å². The van der Waals surface area contributed by atoms with Gasteiger partial charge in [0.2, 0.25) is 0 Å². The van der Waals surface area contributed by atoms with E-state index in [9.17, 15) is 4.79 Å². The number of anilines is 1. The highest BCUT2D eigenvalue weighted by molar-refractivity contribution is 7.13. The Labute approximate surface area is 129 Å². The SMILES string of the molecule is CCOC(=O)n1c(-c2nccs2)c(N)c2ccc(Cl)cc21. The van der Waals surface area contributed by atoms with Crippen molar-refractivity contribution in [1.82, 2.24) is 9.55 Å². The van der Waals surface area contributed by atoms with E-state index >= 15 is 0 Å². The Balaban J connectivity index is 2.37. The van der Waals surface area contributed by atoms with E-state index in [4.69, 9.17) is 22.1 Å². The van der Waals surface area contributed by atoms with Crippen LogP contribution < -0.4 is 5.73 Å². The Morgan fingerprint density at radius 2 is 2.33 bits per heavy atom. The minimum Gasteiger partial charge on any atom is -0.449 e. The lowest BCUT2D eigenvalue weighted by Crippen LogP contribution is -2.14. The molecule has 2 heterocycles. The molecule has 0 aliphatic carbocycles. The molecule has 1 aromatic carbocycles. The second kappa shape index (κ2) is 5.38. The number of fused-ring (bicyclic) bond motifs is 1. The number of ether oxygens (including phenoxy) is 1. The molecule has 0 bridgehead atoms. The fourth-order valence-corrected chi connectivity index (χ4v) is 3.07. The van der Waals surface area contributed by atoms with Crippen LogP contribution in [-0.4, -0.2) is 22.3 Å². The topological polar surface area (TPSA) is 70.1 Å². The van der Waals surface area contributed by atoms with Gasteiger partial charge in [0.05, 0.1) is 17.8 Å². The van der Waals surface area contributed by atoms with E-state index < -0.39 is 6.09 Å². The molecular formula is C14H12ClN3O2S. The van der Waals surface area contributed by atoms with Crippen molar-refractivity contribution in [3.63, 3.8) is 0 Å². The van der Waals surface area contributed by atoms with Crippen LogP contribution >= 0.6 is 22.9 Å². The fourth-order valence-electron chi connectivity index (χ4n) is 2.21. The van der Waals surface area contributed by atoms with Gasteiger partial charge >= 0.3 is 6.09 Å². The van der Waals surface area contributed by atoms with Crippen molar-refractivity contribution in [2.45, 2.75) is 6.92 Å². The molecule has 0 fully saturated rings. The maximum atomic E-state index is 12.3. The Morgan fingerprint density at radius 3 is 3.00 bits per heavy atom. The Morgan fingerprint density at radius 1 is 1.52 bits per heavy atom. The third-order valence-electron chi connectivity index (χ3n) is 3.05. The van der Waals surface area contributed by atoms with Gasteiger partial charge in [0.1, 0.15) is 10.7 Å². The molecule has 0 saturated carbocycles. The lowest BCUT2D eigenvalue weighted by atomic mass is 10.2. The molecule has 3 aromatic rings. The van der Waals surface area contributed by atoms with E-state index in [1.54, 1.807) is 31.3 Å². The number of rotatable bonds is 2. The van der Waals surface area contributed by atoms with Gasteiger partial charge in [-0.2, -0.15) is 0 Å². The van der Waals surface area contributed by atoms with Crippen LogP contribution in [0.3, 0.4) is 0 Å². The minimum absolute atomic E-state index is 0.274. The van der Waals surface area contributed by atoms with Crippen LogP contribution in [0.2, 0.25) is 5.02 Å². The third-order valence-corrected chi connectivity index (χ3v) is 4.07. The first kappa shape index (κ1) is 13.9. The summed E-state index contributed by atoms with van der Waals surface area (Å²) < 4.78 is 6.56. The van der Waals surface area contributed by atoms with E-state index in [1.807, 2.05) is 5.38 Å². The Kier molecular flexibility index (Phi) is 3.57. The molecule has 108 valence electrons. The predicted octanol–water partition coefficient (Wildman–Crippen LogP) is 4.01. The lowest BCUT2D eigenvalue weighted by molar-refractivity contribution is 0.155. The summed E-state index contributed by atoms with van der Waals surface area (Å²) in [5, 5.41) is 3.76. The van der Waals surface area contributed by atoms with Gasteiger partial charge in [-0.3, -0.25) is 0 Å². The van der Waals surface area contributed by atoms with E-state index in [-0.39, 0.29) is 6.61 Å². The number of thiazole rings is 1. The largest absolute Gasteiger partial charge is 0.449 e. The number of benzene rings is 1. The monoisotopic (exact) mass is 321 g/mol. The van der Waals surface area contributed by atoms with E-state index in [0.717, 1.165) is 5.39 Å². The van der Waals surface area contributed by atoms with Gasteiger partial charge in [-0.05, 0) is 25.1 Å². The number of aromatic nitrogens is 2. The number of nitrogen functional groups attached to an aromatic ring is 1. The lowest BCUT2D eigenvalue weighted by Gasteiger charge is -2.07. The highest BCUT2D eigenvalue weighted by atomic mass is 35.5. The molecule has 0 atom stereocenters. The maximum Gasteiger partial charge on any atom is 0.419 e. The van der Waals surface area contributed by atoms with E-state index in [0.29, 0.717) is 26.9 Å². The van der Waals surface area contributed by atoms with Crippen LogP contribution in [0.4, 0.5) is 10.5 Å². The van der Waals surface area contributed by atoms with Crippen molar-refractivity contribution in [2.24, 2.45) is 0 Å². The highest BCUT2D eigenvalue weighted by Crippen LogP contribution is 2.38. The summed E-state index contributed by atoms with van der Waals surface area (Å²) in [4.78, 5) is 16.6. The molecule has 0 amide bonds. The molecule has 3 rings (SSSR count). The first-order valence-corrected chi connectivity index (χ1v) is 7.55. The van der Waals surface area contributed by atoms with Crippen molar-refractivity contribution in [3.05, 3.63) is 34.8 Å². The highest BCUT2D eigenvalue weighted by Gasteiger charge is 2.23. The summed E-state index contributed by atoms with van der Waals surface area (Å²) >= 11 is 7.45. The second-order valence-electron chi connectivity index (χ2n) is 4.30. The van der Waals surface area contributed by atoms with E-state index in [2.05, 4.69) is 4.98 Å². The van der Waals surface area contributed by atoms with Crippen molar-refractivity contribution in [1.29, 1.82) is 0 Å². The van der Waals surface area contributed by atoms with Crippen molar-refractivity contribution in [2.75, 3.05) is 12.3 Å². The number of carbonyl (C=O) groups is 1. The molecule has 7 heteroatoms. The average Bonchev–Trinajstić information content (AvgIpc) is 3.05. The van der Waals surface area contributed by atoms with Gasteiger partial charge in [-0.1, -0.05) is 11.6 Å². The Hall–Kier alpha value is -2.05. The predicted molar refractivity (Wildman–Crippen MR) is 84.9 cm³/mol. The van der Waals surface area contributed by atoms with Crippen LogP contribution in [-0.2, 0) is 4.74 Å². The second-order valence-corrected chi connectivity index (χ2v) is 5.63. The van der Waals surface area contributed by atoms with Crippen LogP contribution in [0.5, 0.6) is 0 Å². The maximum absolute atomic E-state index is 12.3. The van der Waals surface area contributed by atoms with Gasteiger partial charge < -0.3 is 10.5 Å². The van der Waals surface area contributed by atoms with Gasteiger partial charge in [-0.25, -0.2) is 14.3 Å². The van der Waals surface area contributed by atoms with Crippen molar-refractivity contribution in [3.8, 4) is 10.7 Å². The number of halogens is 1. The molecule has 21 heavy (non-hydrogen) atoms. The number of carbonyl (C=O) groups excluding carboxylic acids is 1. The fraction of sp³-hybridized carbons (Fsp3) is 0.143. The minimum atomic E-state index is -0.494. The van der Waals surface area contributed by atoms with E-state index in [1.165, 1.54) is 15.9 Å². The summed E-state index contributed by atoms with van der Waals surface area (Å²) in [7, 11) is 0. The first-order valence-electron chi connectivity index (χ1n) is 6.30. The summed E-state index contributed by atoms with van der Waals surface area (Å²) in [6, 6.07) is 5.22. The van der Waals surface area contributed by atoms with Gasteiger partial charge in [0.15, 0.2) is 0 Å². The molecule has 0 saturated heterocycles. The van der Waals surface area contributed by atoms with Crippen LogP contribution in [0.1, 0.15) is 6.92 Å². The molecule has 5 nitrogen and oxygen atoms in total. The first-order chi connectivity index (χ1) is 10.1. The average molecular weight is 322 g/mol. The Bertz CT molecular complexity index is 811. The third kappa shape index (κ3) is 2.26. The molecule has 0 aliphatic rings. The zero-order valence-corrected chi connectivity index (χ0v) is 12.7. The quantitative estimate of drug-likeness (QED) is 0.774. The van der Waals surface area contributed by atoms with Crippen molar-refractivity contribution >= 4 is 45.6 Å². The van der Waals surface area contributed by atoms with Gasteiger partial charge in [0, 0.05) is 22.0 Å². The molecule has 0 aliphatic heterocycles. The smallest absolute Gasteiger partial charge is 0.419 e. The summed E-state index contributed by atoms with van der Waals surface area (Å²) in [6.07, 6.45) is 1.17. The van der Waals surface area contributed by atoms with Crippen LogP contribution in [0.15, 0.2) is 29.8 Å². The molecule has 2 aromatic heterocycles. The standard InChI is InChI=1S/C14H12ClN3O2S/c1-2-20-14(19)18-10-7-8(15)3-4-9(10)11(16)12(18)13-17-5-6-21-13/h3-7H,2,16H2,1H3. The number of nitrogens with two attached hydrogens (primary N) is 1. The number of nitrogens with zero attached hydrogens (tertiary/aromatic N) is 2. The molecule has 0 radical (unpaired) electrons. The molecular weight excluding hydrogens is 310 g/mol. The normalized spacial score (nSPS) is 11.0. The molecule has 2 N–H and O–H groups in total. The zero-order chi connectivity index (χ0) is 15.0.